The largest absolute Gasteiger partial charge is 0.484 e. The molecule has 0 atom stereocenters. The van der Waals surface area contributed by atoms with E-state index in [0.29, 0.717) is 26.2 Å². The lowest BCUT2D eigenvalue weighted by atomic mass is 10.3. The number of benzene rings is 1. The number of hydrogen-bond donors (Lipinski definition) is 0. The normalized spacial score (nSPS) is 14.6. The molecule has 1 aromatic carbocycles. The summed E-state index contributed by atoms with van der Waals surface area (Å²) >= 11 is 0. The highest BCUT2D eigenvalue weighted by Crippen LogP contribution is 2.19. The lowest BCUT2D eigenvalue weighted by Crippen LogP contribution is -2.51. The van der Waals surface area contributed by atoms with Crippen LogP contribution < -0.4 is 4.74 Å². The zero-order chi connectivity index (χ0) is 16.1. The fourth-order valence-electron chi connectivity index (χ4n) is 2.19. The van der Waals surface area contributed by atoms with Crippen molar-refractivity contribution in [2.24, 2.45) is 0 Å². The molecule has 0 spiro atoms. The highest BCUT2D eigenvalue weighted by Gasteiger charge is 2.22. The highest BCUT2D eigenvalue weighted by molar-refractivity contribution is 5.78. The molecule has 8 heteroatoms. The van der Waals surface area contributed by atoms with Crippen LogP contribution in [0.5, 0.6) is 5.75 Å². The first kappa shape index (κ1) is 15.7. The number of nitro groups is 1. The maximum atomic E-state index is 12.0. The maximum Gasteiger partial charge on any atom is 0.273 e. The first-order valence-electron chi connectivity index (χ1n) is 6.88. The summed E-state index contributed by atoms with van der Waals surface area (Å²) in [4.78, 5) is 36.7. The van der Waals surface area contributed by atoms with Crippen LogP contribution in [0.2, 0.25) is 0 Å². The molecule has 1 aromatic rings. The van der Waals surface area contributed by atoms with E-state index >= 15 is 0 Å². The maximum absolute atomic E-state index is 12.0. The zero-order valence-electron chi connectivity index (χ0n) is 12.2. The Morgan fingerprint density at radius 3 is 2.45 bits per heavy atom. The predicted octanol–water partition coefficient (Wildman–Crippen LogP) is 0.664. The fourth-order valence-corrected chi connectivity index (χ4v) is 2.19. The zero-order valence-corrected chi connectivity index (χ0v) is 12.2. The van der Waals surface area contributed by atoms with E-state index in [9.17, 15) is 19.7 Å². The number of nitrogens with zero attached hydrogens (tertiary/aromatic N) is 3. The third kappa shape index (κ3) is 3.94. The second-order valence-corrected chi connectivity index (χ2v) is 4.93. The van der Waals surface area contributed by atoms with E-state index in [4.69, 9.17) is 4.74 Å². The summed E-state index contributed by atoms with van der Waals surface area (Å²) in [5, 5.41) is 10.7. The van der Waals surface area contributed by atoms with Crippen molar-refractivity contribution in [1.82, 2.24) is 9.80 Å². The number of carbonyl (C=O) groups excluding carboxylic acids is 2. The van der Waals surface area contributed by atoms with Crippen molar-refractivity contribution in [1.29, 1.82) is 0 Å². The summed E-state index contributed by atoms with van der Waals surface area (Å²) in [5.74, 6) is 0.0829. The smallest absolute Gasteiger partial charge is 0.273 e. The molecule has 0 aliphatic carbocycles. The number of amides is 2. The van der Waals surface area contributed by atoms with Gasteiger partial charge in [-0.1, -0.05) is 6.07 Å². The van der Waals surface area contributed by atoms with Crippen molar-refractivity contribution >= 4 is 17.5 Å². The Morgan fingerprint density at radius 1 is 1.23 bits per heavy atom. The van der Waals surface area contributed by atoms with E-state index in [0.717, 1.165) is 0 Å². The standard InChI is InChI=1S/C14H17N3O5/c1-11(18)15-5-7-16(8-6-15)14(19)10-22-13-4-2-3-12(9-13)17(20)21/h2-4,9H,5-8,10H2,1H3. The molecule has 0 N–H and O–H groups in total. The fraction of sp³-hybridized carbons (Fsp3) is 0.429. The first-order chi connectivity index (χ1) is 10.5. The van der Waals surface area contributed by atoms with Gasteiger partial charge in [-0.25, -0.2) is 0 Å². The number of hydrogen-bond acceptors (Lipinski definition) is 5. The molecule has 1 fully saturated rings. The van der Waals surface area contributed by atoms with E-state index in [1.54, 1.807) is 15.9 Å². The minimum Gasteiger partial charge on any atom is -0.484 e. The summed E-state index contributed by atoms with van der Waals surface area (Å²) in [6.45, 7) is 3.29. The molecule has 0 aromatic heterocycles. The Balaban J connectivity index is 1.84. The second-order valence-electron chi connectivity index (χ2n) is 4.93. The summed E-state index contributed by atoms with van der Waals surface area (Å²) in [6, 6.07) is 5.70. The average molecular weight is 307 g/mol. The van der Waals surface area contributed by atoms with Crippen LogP contribution >= 0.6 is 0 Å². The number of rotatable bonds is 4. The van der Waals surface area contributed by atoms with Gasteiger partial charge in [0, 0.05) is 39.2 Å². The highest BCUT2D eigenvalue weighted by atomic mass is 16.6. The van der Waals surface area contributed by atoms with Crippen LogP contribution in [0, 0.1) is 10.1 Å². The topological polar surface area (TPSA) is 93.0 Å². The van der Waals surface area contributed by atoms with E-state index in [1.807, 2.05) is 0 Å². The molecule has 118 valence electrons. The van der Waals surface area contributed by atoms with Gasteiger partial charge in [-0.15, -0.1) is 0 Å². The molecule has 1 aliphatic heterocycles. The van der Waals surface area contributed by atoms with Crippen LogP contribution in [0.15, 0.2) is 24.3 Å². The summed E-state index contributed by atoms with van der Waals surface area (Å²) < 4.78 is 5.31. The number of piperazine rings is 1. The Kier molecular flexibility index (Phi) is 4.92. The van der Waals surface area contributed by atoms with Crippen LogP contribution in [0.4, 0.5) is 5.69 Å². The monoisotopic (exact) mass is 307 g/mol. The van der Waals surface area contributed by atoms with Crippen molar-refractivity contribution in [3.8, 4) is 5.75 Å². The molecule has 22 heavy (non-hydrogen) atoms. The molecular formula is C14H17N3O5. The van der Waals surface area contributed by atoms with Crippen LogP contribution in [0.1, 0.15) is 6.92 Å². The lowest BCUT2D eigenvalue weighted by molar-refractivity contribution is -0.384. The molecule has 0 radical (unpaired) electrons. The number of non-ortho nitro benzene ring substituents is 1. The predicted molar refractivity (Wildman–Crippen MR) is 77.4 cm³/mol. The third-order valence-corrected chi connectivity index (χ3v) is 3.47. The Bertz CT molecular complexity index is 582. The summed E-state index contributed by atoms with van der Waals surface area (Å²) in [5.41, 5.74) is -0.0833. The van der Waals surface area contributed by atoms with Gasteiger partial charge >= 0.3 is 0 Å². The Hall–Kier alpha value is -2.64. The van der Waals surface area contributed by atoms with Gasteiger partial charge < -0.3 is 14.5 Å². The molecule has 2 rings (SSSR count). The van der Waals surface area contributed by atoms with E-state index in [-0.39, 0.29) is 29.9 Å². The van der Waals surface area contributed by atoms with Crippen molar-refractivity contribution in [2.45, 2.75) is 6.92 Å². The molecular weight excluding hydrogens is 290 g/mol. The number of nitro benzene ring substituents is 1. The summed E-state index contributed by atoms with van der Waals surface area (Å²) in [7, 11) is 0. The van der Waals surface area contributed by atoms with Crippen LogP contribution in [0.3, 0.4) is 0 Å². The van der Waals surface area contributed by atoms with Crippen molar-refractivity contribution in [3.05, 3.63) is 34.4 Å². The van der Waals surface area contributed by atoms with Crippen LogP contribution in [-0.4, -0.2) is 59.3 Å². The van der Waals surface area contributed by atoms with Crippen molar-refractivity contribution < 1.29 is 19.2 Å². The Morgan fingerprint density at radius 2 is 1.86 bits per heavy atom. The lowest BCUT2D eigenvalue weighted by Gasteiger charge is -2.34. The molecule has 2 amide bonds. The van der Waals surface area contributed by atoms with E-state index in [1.165, 1.54) is 25.1 Å². The number of ether oxygens (including phenoxy) is 1. The molecule has 0 bridgehead atoms. The minimum atomic E-state index is -0.518. The Labute approximate surface area is 127 Å². The van der Waals surface area contributed by atoms with Crippen molar-refractivity contribution in [3.63, 3.8) is 0 Å². The van der Waals surface area contributed by atoms with Crippen LogP contribution in [-0.2, 0) is 9.59 Å². The second kappa shape index (κ2) is 6.88. The average Bonchev–Trinajstić information content (AvgIpc) is 2.53. The van der Waals surface area contributed by atoms with Gasteiger partial charge in [0.1, 0.15) is 5.75 Å². The molecule has 1 saturated heterocycles. The van der Waals surface area contributed by atoms with Gasteiger partial charge in [-0.2, -0.15) is 0 Å². The quantitative estimate of drug-likeness (QED) is 0.602. The molecule has 8 nitrogen and oxygen atoms in total. The SMILES string of the molecule is CC(=O)N1CCN(C(=O)COc2cccc([N+](=O)[O-])c2)CC1. The molecule has 1 aliphatic rings. The van der Waals surface area contributed by atoms with Gasteiger partial charge in [-0.05, 0) is 6.07 Å². The van der Waals surface area contributed by atoms with E-state index < -0.39 is 4.92 Å². The molecule has 0 saturated carbocycles. The van der Waals surface area contributed by atoms with Gasteiger partial charge in [-0.3, -0.25) is 19.7 Å². The molecule has 0 unspecified atom stereocenters. The van der Waals surface area contributed by atoms with Gasteiger partial charge in [0.25, 0.3) is 11.6 Å². The van der Waals surface area contributed by atoms with Gasteiger partial charge in [0.15, 0.2) is 6.61 Å². The van der Waals surface area contributed by atoms with Gasteiger partial charge in [0.2, 0.25) is 5.91 Å². The minimum absolute atomic E-state index is 0.0000518. The number of carbonyl (C=O) groups is 2. The van der Waals surface area contributed by atoms with Gasteiger partial charge in [0.05, 0.1) is 11.0 Å². The summed E-state index contributed by atoms with van der Waals surface area (Å²) in [6.07, 6.45) is 0. The van der Waals surface area contributed by atoms with E-state index in [2.05, 4.69) is 0 Å². The molecule has 1 heterocycles. The van der Waals surface area contributed by atoms with Crippen molar-refractivity contribution in [2.75, 3.05) is 32.8 Å². The third-order valence-electron chi connectivity index (χ3n) is 3.47. The first-order valence-corrected chi connectivity index (χ1v) is 6.88. The van der Waals surface area contributed by atoms with Crippen LogP contribution in [0.25, 0.3) is 0 Å².